The van der Waals surface area contributed by atoms with Gasteiger partial charge in [0.05, 0.1) is 6.10 Å². The predicted octanol–water partition coefficient (Wildman–Crippen LogP) is 3.06. The van der Waals surface area contributed by atoms with E-state index in [4.69, 9.17) is 0 Å². The van der Waals surface area contributed by atoms with Crippen LogP contribution in [0.2, 0.25) is 0 Å². The Morgan fingerprint density at radius 2 is 1.86 bits per heavy atom. The van der Waals surface area contributed by atoms with Gasteiger partial charge in [-0.15, -0.1) is 0 Å². The third-order valence-electron chi connectivity index (χ3n) is 7.74. The Morgan fingerprint density at radius 1 is 1.09 bits per heavy atom. The van der Waals surface area contributed by atoms with E-state index in [0.29, 0.717) is 30.6 Å². The molecule has 4 aliphatic carbocycles. The van der Waals surface area contributed by atoms with E-state index in [9.17, 15) is 14.7 Å². The van der Waals surface area contributed by atoms with Gasteiger partial charge in [-0.2, -0.15) is 0 Å². The quantitative estimate of drug-likeness (QED) is 0.748. The van der Waals surface area contributed by atoms with E-state index in [1.54, 1.807) is 6.08 Å². The van der Waals surface area contributed by atoms with Crippen LogP contribution >= 0.6 is 0 Å². The molecule has 0 amide bonds. The molecule has 0 radical (unpaired) electrons. The zero-order valence-electron chi connectivity index (χ0n) is 13.6. The number of aliphatic hydroxyl groups excluding tert-OH is 1. The van der Waals surface area contributed by atoms with Crippen molar-refractivity contribution in [1.29, 1.82) is 0 Å². The molecule has 6 atom stereocenters. The van der Waals surface area contributed by atoms with Crippen molar-refractivity contribution in [2.75, 3.05) is 0 Å². The number of carbonyl (C=O) groups excluding carboxylic acids is 2. The fourth-order valence-electron chi connectivity index (χ4n) is 6.36. The van der Waals surface area contributed by atoms with E-state index in [-0.39, 0.29) is 28.5 Å². The Bertz CT molecular complexity index is 577. The van der Waals surface area contributed by atoms with Crippen molar-refractivity contribution < 1.29 is 14.7 Å². The van der Waals surface area contributed by atoms with Crippen molar-refractivity contribution in [2.45, 2.75) is 64.9 Å². The molecule has 0 saturated heterocycles. The zero-order valence-corrected chi connectivity index (χ0v) is 13.6. The lowest BCUT2D eigenvalue weighted by Crippen LogP contribution is -2.53. The molecule has 0 bridgehead atoms. The van der Waals surface area contributed by atoms with Crippen LogP contribution < -0.4 is 0 Å². The Balaban J connectivity index is 1.75. The van der Waals surface area contributed by atoms with Crippen molar-refractivity contribution in [3.8, 4) is 0 Å². The molecule has 4 rings (SSSR count). The number of aliphatic hydroxyl groups is 1. The van der Waals surface area contributed by atoms with Gasteiger partial charge in [-0.3, -0.25) is 9.59 Å². The van der Waals surface area contributed by atoms with E-state index in [1.807, 2.05) is 0 Å². The minimum atomic E-state index is -0.203. The van der Waals surface area contributed by atoms with Crippen molar-refractivity contribution >= 4 is 11.6 Å². The molecular formula is C19H26O3. The highest BCUT2D eigenvalue weighted by molar-refractivity contribution is 6.05. The number of hydrogen-bond donors (Lipinski definition) is 1. The molecule has 0 unspecified atom stereocenters. The summed E-state index contributed by atoms with van der Waals surface area (Å²) in [4.78, 5) is 24.5. The number of carbonyl (C=O) groups is 2. The third kappa shape index (κ3) is 1.72. The molecule has 0 aromatic rings. The third-order valence-corrected chi connectivity index (χ3v) is 7.74. The molecule has 0 aromatic carbocycles. The monoisotopic (exact) mass is 302 g/mol. The smallest absolute Gasteiger partial charge is 0.159 e. The molecule has 3 saturated carbocycles. The van der Waals surface area contributed by atoms with Gasteiger partial charge in [-0.25, -0.2) is 0 Å². The number of Topliss-reactive ketones (excluding diaryl/α,β-unsaturated/α-hetero) is 1. The molecule has 0 spiro atoms. The van der Waals surface area contributed by atoms with Crippen LogP contribution in [0.1, 0.15) is 58.8 Å². The highest BCUT2D eigenvalue weighted by Gasteiger charge is 2.60. The predicted molar refractivity (Wildman–Crippen MR) is 83.1 cm³/mol. The number of allylic oxidation sites excluding steroid dienone is 1. The second kappa shape index (κ2) is 4.53. The van der Waals surface area contributed by atoms with Gasteiger partial charge in [-0.05, 0) is 66.8 Å². The van der Waals surface area contributed by atoms with E-state index < -0.39 is 0 Å². The van der Waals surface area contributed by atoms with E-state index in [2.05, 4.69) is 13.8 Å². The number of ketones is 2. The topological polar surface area (TPSA) is 54.4 Å². The Labute approximate surface area is 132 Å². The molecule has 3 fully saturated rings. The summed E-state index contributed by atoms with van der Waals surface area (Å²) in [5.41, 5.74) is 0.707. The second-order valence-electron chi connectivity index (χ2n) is 8.58. The van der Waals surface area contributed by atoms with Crippen LogP contribution in [0, 0.1) is 28.6 Å². The van der Waals surface area contributed by atoms with Gasteiger partial charge in [0.2, 0.25) is 0 Å². The standard InChI is InChI=1S/C19H26O3/c1-18-7-5-11(20)9-15(18)16(21)10-12-13-3-4-17(22)19(13,2)8-6-14(12)18/h9,12-14,17,22H,3-8,10H2,1-2H3/t12-,13+,14-,17+,18-,19+/m1/s1. The molecule has 3 nitrogen and oxygen atoms in total. The lowest BCUT2D eigenvalue weighted by molar-refractivity contribution is -0.132. The van der Waals surface area contributed by atoms with Crippen molar-refractivity contribution in [1.82, 2.24) is 0 Å². The molecule has 0 aromatic heterocycles. The zero-order chi connectivity index (χ0) is 15.7. The van der Waals surface area contributed by atoms with Crippen LogP contribution in [-0.4, -0.2) is 22.8 Å². The minimum absolute atomic E-state index is 0.00348. The Kier molecular flexibility index (Phi) is 3.01. The van der Waals surface area contributed by atoms with Crippen LogP contribution in [0.25, 0.3) is 0 Å². The first-order valence-corrected chi connectivity index (χ1v) is 8.82. The average Bonchev–Trinajstić information content (AvgIpc) is 2.77. The summed E-state index contributed by atoms with van der Waals surface area (Å²) in [6, 6.07) is 0. The second-order valence-corrected chi connectivity index (χ2v) is 8.58. The molecular weight excluding hydrogens is 276 g/mol. The van der Waals surface area contributed by atoms with Gasteiger partial charge in [0, 0.05) is 18.4 Å². The maximum Gasteiger partial charge on any atom is 0.159 e. The van der Waals surface area contributed by atoms with Crippen LogP contribution in [0.5, 0.6) is 0 Å². The number of hydrogen-bond acceptors (Lipinski definition) is 3. The molecule has 1 N–H and O–H groups in total. The Hall–Kier alpha value is -0.960. The lowest BCUT2D eigenvalue weighted by Gasteiger charge is -2.56. The van der Waals surface area contributed by atoms with E-state index in [1.165, 1.54) is 0 Å². The highest BCUT2D eigenvalue weighted by atomic mass is 16.3. The van der Waals surface area contributed by atoms with Gasteiger partial charge in [0.15, 0.2) is 11.6 Å². The largest absolute Gasteiger partial charge is 0.393 e. The first kappa shape index (κ1) is 14.6. The van der Waals surface area contributed by atoms with Crippen LogP contribution in [-0.2, 0) is 9.59 Å². The first-order valence-electron chi connectivity index (χ1n) is 8.82. The summed E-state index contributed by atoms with van der Waals surface area (Å²) < 4.78 is 0. The number of rotatable bonds is 0. The summed E-state index contributed by atoms with van der Waals surface area (Å²) in [7, 11) is 0. The average molecular weight is 302 g/mol. The van der Waals surface area contributed by atoms with Gasteiger partial charge in [-0.1, -0.05) is 13.8 Å². The molecule has 0 aliphatic heterocycles. The maximum atomic E-state index is 12.7. The SMILES string of the molecule is C[C@]12CC[C@@H]3[C@H](CC(=O)C4=CC(=O)CC[C@@]43C)[C@@H]1CC[C@@H]2O. The minimum Gasteiger partial charge on any atom is -0.393 e. The maximum absolute atomic E-state index is 12.7. The summed E-state index contributed by atoms with van der Waals surface area (Å²) in [6.45, 7) is 4.45. The number of fused-ring (bicyclic) bond motifs is 5. The molecule has 0 heterocycles. The van der Waals surface area contributed by atoms with Crippen LogP contribution in [0.3, 0.4) is 0 Å². The van der Waals surface area contributed by atoms with Gasteiger partial charge in [0.1, 0.15) is 0 Å². The van der Waals surface area contributed by atoms with Crippen molar-refractivity contribution in [3.63, 3.8) is 0 Å². The van der Waals surface area contributed by atoms with Gasteiger partial charge < -0.3 is 5.11 Å². The van der Waals surface area contributed by atoms with E-state index in [0.717, 1.165) is 37.7 Å². The van der Waals surface area contributed by atoms with Crippen molar-refractivity contribution in [3.05, 3.63) is 11.6 Å². The van der Waals surface area contributed by atoms with Crippen LogP contribution in [0.15, 0.2) is 11.6 Å². The summed E-state index contributed by atoms with van der Waals surface area (Å²) >= 11 is 0. The van der Waals surface area contributed by atoms with Gasteiger partial charge in [0.25, 0.3) is 0 Å². The molecule has 4 aliphatic rings. The Morgan fingerprint density at radius 3 is 2.64 bits per heavy atom. The summed E-state index contributed by atoms with van der Waals surface area (Å²) in [6.07, 6.45) is 7.54. The van der Waals surface area contributed by atoms with Gasteiger partial charge >= 0.3 is 0 Å². The molecule has 22 heavy (non-hydrogen) atoms. The highest BCUT2D eigenvalue weighted by Crippen LogP contribution is 2.64. The van der Waals surface area contributed by atoms with E-state index >= 15 is 0 Å². The first-order chi connectivity index (χ1) is 10.4. The molecule has 3 heteroatoms. The summed E-state index contributed by atoms with van der Waals surface area (Å²) in [5.74, 6) is 1.70. The summed E-state index contributed by atoms with van der Waals surface area (Å²) in [5, 5.41) is 10.4. The fourth-order valence-corrected chi connectivity index (χ4v) is 6.36. The lowest BCUT2D eigenvalue weighted by atomic mass is 9.47. The molecule has 120 valence electrons. The fraction of sp³-hybridized carbons (Fsp3) is 0.789. The van der Waals surface area contributed by atoms with Crippen molar-refractivity contribution in [2.24, 2.45) is 28.6 Å². The normalized spacial score (nSPS) is 51.0. The van der Waals surface area contributed by atoms with Crippen LogP contribution in [0.4, 0.5) is 0 Å².